The van der Waals surface area contributed by atoms with Gasteiger partial charge < -0.3 is 10.2 Å². The van der Waals surface area contributed by atoms with Crippen molar-refractivity contribution in [3.63, 3.8) is 0 Å². The number of piperidine rings is 1. The van der Waals surface area contributed by atoms with E-state index in [-0.39, 0.29) is 5.41 Å². The topological polar surface area (TPSA) is 32.3 Å². The van der Waals surface area contributed by atoms with Crippen LogP contribution in [0.15, 0.2) is 0 Å². The van der Waals surface area contributed by atoms with Gasteiger partial charge in [0, 0.05) is 19.6 Å². The standard InChI is InChI=1S/C12H22N2O/c1-10(2)8-14-7-3-4-12(9-14)5-6-13-11(12)15/h10H,3-9H2,1-2H3,(H,13,15). The van der Waals surface area contributed by atoms with Crippen molar-refractivity contribution in [1.29, 1.82) is 0 Å². The number of carbonyl (C=O) groups is 1. The van der Waals surface area contributed by atoms with Gasteiger partial charge in [-0.3, -0.25) is 4.79 Å². The van der Waals surface area contributed by atoms with Gasteiger partial charge in [0.1, 0.15) is 0 Å². The molecule has 0 aliphatic carbocycles. The minimum Gasteiger partial charge on any atom is -0.356 e. The molecule has 1 unspecified atom stereocenters. The fourth-order valence-electron chi connectivity index (χ4n) is 3.01. The second-order valence-electron chi connectivity index (χ2n) is 5.52. The Hall–Kier alpha value is -0.570. The summed E-state index contributed by atoms with van der Waals surface area (Å²) in [5.41, 5.74) is -0.0346. The van der Waals surface area contributed by atoms with E-state index in [9.17, 15) is 4.79 Å². The smallest absolute Gasteiger partial charge is 0.227 e. The SMILES string of the molecule is CC(C)CN1CCCC2(CCNC2=O)C1. The third-order valence-corrected chi connectivity index (χ3v) is 3.65. The van der Waals surface area contributed by atoms with Crippen molar-refractivity contribution < 1.29 is 4.79 Å². The lowest BCUT2D eigenvalue weighted by molar-refractivity contribution is -0.130. The van der Waals surface area contributed by atoms with Crippen LogP contribution in [-0.2, 0) is 4.79 Å². The first-order valence-corrected chi connectivity index (χ1v) is 6.13. The molecule has 0 bridgehead atoms. The van der Waals surface area contributed by atoms with Crippen LogP contribution >= 0.6 is 0 Å². The summed E-state index contributed by atoms with van der Waals surface area (Å²) in [6, 6.07) is 0. The van der Waals surface area contributed by atoms with E-state index in [0.29, 0.717) is 11.8 Å². The first kappa shape index (κ1) is 10.9. The number of hydrogen-bond acceptors (Lipinski definition) is 2. The second kappa shape index (κ2) is 4.12. The Bertz CT molecular complexity index is 252. The largest absolute Gasteiger partial charge is 0.356 e. The molecule has 86 valence electrons. The normalized spacial score (nSPS) is 32.6. The molecule has 2 saturated heterocycles. The molecule has 1 amide bonds. The van der Waals surface area contributed by atoms with Gasteiger partial charge in [-0.2, -0.15) is 0 Å². The molecule has 0 aromatic rings. The maximum Gasteiger partial charge on any atom is 0.227 e. The van der Waals surface area contributed by atoms with Crippen molar-refractivity contribution in [2.45, 2.75) is 33.1 Å². The van der Waals surface area contributed by atoms with Crippen LogP contribution < -0.4 is 5.32 Å². The number of hydrogen-bond donors (Lipinski definition) is 1. The van der Waals surface area contributed by atoms with Gasteiger partial charge in [-0.1, -0.05) is 13.8 Å². The van der Waals surface area contributed by atoms with Crippen LogP contribution in [0, 0.1) is 11.3 Å². The quantitative estimate of drug-likeness (QED) is 0.744. The molecule has 2 aliphatic heterocycles. The van der Waals surface area contributed by atoms with Crippen molar-refractivity contribution in [3.05, 3.63) is 0 Å². The van der Waals surface area contributed by atoms with E-state index >= 15 is 0 Å². The van der Waals surface area contributed by atoms with Gasteiger partial charge in [0.05, 0.1) is 5.41 Å². The highest BCUT2D eigenvalue weighted by Crippen LogP contribution is 2.36. The summed E-state index contributed by atoms with van der Waals surface area (Å²) in [7, 11) is 0. The first-order chi connectivity index (χ1) is 7.12. The van der Waals surface area contributed by atoms with Crippen LogP contribution in [0.25, 0.3) is 0 Å². The maximum absolute atomic E-state index is 11.8. The monoisotopic (exact) mass is 210 g/mol. The Balaban J connectivity index is 2.00. The van der Waals surface area contributed by atoms with Crippen molar-refractivity contribution in [2.75, 3.05) is 26.2 Å². The number of carbonyl (C=O) groups excluding carboxylic acids is 1. The third-order valence-electron chi connectivity index (χ3n) is 3.65. The lowest BCUT2D eigenvalue weighted by Gasteiger charge is -2.39. The van der Waals surface area contributed by atoms with Gasteiger partial charge in [0.25, 0.3) is 0 Å². The highest BCUT2D eigenvalue weighted by Gasteiger charge is 2.44. The van der Waals surface area contributed by atoms with Crippen molar-refractivity contribution >= 4 is 5.91 Å². The molecule has 3 heteroatoms. The Kier molecular flexibility index (Phi) is 3.01. The minimum absolute atomic E-state index is 0.0346. The van der Waals surface area contributed by atoms with E-state index in [4.69, 9.17) is 0 Å². The Morgan fingerprint density at radius 2 is 2.27 bits per heavy atom. The molecule has 2 heterocycles. The van der Waals surface area contributed by atoms with Crippen LogP contribution in [-0.4, -0.2) is 37.0 Å². The van der Waals surface area contributed by atoms with Crippen molar-refractivity contribution in [1.82, 2.24) is 10.2 Å². The van der Waals surface area contributed by atoms with Gasteiger partial charge in [-0.05, 0) is 31.7 Å². The molecular weight excluding hydrogens is 188 g/mol. The molecule has 0 radical (unpaired) electrons. The van der Waals surface area contributed by atoms with E-state index in [0.717, 1.165) is 32.5 Å². The van der Waals surface area contributed by atoms with Crippen LogP contribution in [0.2, 0.25) is 0 Å². The van der Waals surface area contributed by atoms with Gasteiger partial charge in [0.2, 0.25) is 5.91 Å². The summed E-state index contributed by atoms with van der Waals surface area (Å²) in [4.78, 5) is 14.3. The van der Waals surface area contributed by atoms with E-state index in [1.54, 1.807) is 0 Å². The molecule has 2 rings (SSSR count). The predicted molar refractivity (Wildman–Crippen MR) is 60.6 cm³/mol. The van der Waals surface area contributed by atoms with E-state index in [1.807, 2.05) is 0 Å². The van der Waals surface area contributed by atoms with Crippen LogP contribution in [0.3, 0.4) is 0 Å². The predicted octanol–water partition coefficient (Wildman–Crippen LogP) is 1.24. The summed E-state index contributed by atoms with van der Waals surface area (Å²) < 4.78 is 0. The zero-order chi connectivity index (χ0) is 10.9. The van der Waals surface area contributed by atoms with Gasteiger partial charge >= 0.3 is 0 Å². The summed E-state index contributed by atoms with van der Waals surface area (Å²) in [6.45, 7) is 8.67. The average molecular weight is 210 g/mol. The average Bonchev–Trinajstić information content (AvgIpc) is 2.47. The van der Waals surface area contributed by atoms with E-state index in [2.05, 4.69) is 24.1 Å². The number of rotatable bonds is 2. The second-order valence-corrected chi connectivity index (χ2v) is 5.52. The molecule has 1 N–H and O–H groups in total. The Labute approximate surface area is 92.2 Å². The van der Waals surface area contributed by atoms with Crippen molar-refractivity contribution in [3.8, 4) is 0 Å². The molecule has 1 spiro atoms. The fourth-order valence-corrected chi connectivity index (χ4v) is 3.01. The molecule has 2 aliphatic rings. The van der Waals surface area contributed by atoms with Gasteiger partial charge in [-0.15, -0.1) is 0 Å². The lowest BCUT2D eigenvalue weighted by Crippen LogP contribution is -2.48. The summed E-state index contributed by atoms with van der Waals surface area (Å²) in [6.07, 6.45) is 3.31. The number of amides is 1. The molecule has 2 fully saturated rings. The Morgan fingerprint density at radius 3 is 2.87 bits per heavy atom. The molecular formula is C12H22N2O. The summed E-state index contributed by atoms with van der Waals surface area (Å²) in [5, 5.41) is 2.99. The molecule has 0 aromatic carbocycles. The van der Waals surface area contributed by atoms with Crippen LogP contribution in [0.4, 0.5) is 0 Å². The molecule has 0 saturated carbocycles. The van der Waals surface area contributed by atoms with Gasteiger partial charge in [0.15, 0.2) is 0 Å². The molecule has 15 heavy (non-hydrogen) atoms. The van der Waals surface area contributed by atoms with E-state index in [1.165, 1.54) is 13.0 Å². The zero-order valence-electron chi connectivity index (χ0n) is 9.88. The molecule has 3 nitrogen and oxygen atoms in total. The van der Waals surface area contributed by atoms with Crippen LogP contribution in [0.5, 0.6) is 0 Å². The van der Waals surface area contributed by atoms with E-state index < -0.39 is 0 Å². The van der Waals surface area contributed by atoms with Crippen molar-refractivity contribution in [2.24, 2.45) is 11.3 Å². The summed E-state index contributed by atoms with van der Waals surface area (Å²) in [5.74, 6) is 1.00. The van der Waals surface area contributed by atoms with Crippen LogP contribution in [0.1, 0.15) is 33.1 Å². The fraction of sp³-hybridized carbons (Fsp3) is 0.917. The first-order valence-electron chi connectivity index (χ1n) is 6.13. The number of nitrogens with zero attached hydrogens (tertiary/aromatic N) is 1. The van der Waals surface area contributed by atoms with Gasteiger partial charge in [-0.25, -0.2) is 0 Å². The maximum atomic E-state index is 11.8. The number of nitrogens with one attached hydrogen (secondary N) is 1. The summed E-state index contributed by atoms with van der Waals surface area (Å²) >= 11 is 0. The minimum atomic E-state index is -0.0346. The zero-order valence-corrected chi connectivity index (χ0v) is 9.88. The molecule has 0 aromatic heterocycles. The Morgan fingerprint density at radius 1 is 1.47 bits per heavy atom. The highest BCUT2D eigenvalue weighted by atomic mass is 16.2. The molecule has 1 atom stereocenters. The highest BCUT2D eigenvalue weighted by molar-refractivity contribution is 5.85. The third kappa shape index (κ3) is 2.17. The lowest BCUT2D eigenvalue weighted by atomic mass is 9.78. The number of likely N-dealkylation sites (tertiary alicyclic amines) is 1.